The molecule has 492 valence electrons. The number of unbranched alkanes of at least 4 members (excludes halogenated alkanes) is 1. The van der Waals surface area contributed by atoms with Crippen LogP contribution in [0.5, 0.6) is 0 Å². The smallest absolute Gasteiger partial charge is 0.245 e. The molecule has 1 heterocycles. The van der Waals surface area contributed by atoms with E-state index in [0.29, 0.717) is 71.0 Å². The predicted molar refractivity (Wildman–Crippen MR) is 343 cm³/mol. The van der Waals surface area contributed by atoms with E-state index in [1.54, 1.807) is 0 Å². The van der Waals surface area contributed by atoms with Gasteiger partial charge in [0.2, 0.25) is 59.1 Å². The number of nitrogens with two attached hydrogens (primary N) is 4. The fourth-order valence-electron chi connectivity index (χ4n) is 12.5. The summed E-state index contributed by atoms with van der Waals surface area (Å²) in [6, 6.07) is 16.4. The number of nitrogens with zero attached hydrogens (tertiary/aromatic N) is 1. The normalized spacial score (nSPS) is 20.5. The van der Waals surface area contributed by atoms with Gasteiger partial charge in [-0.3, -0.25) is 52.9 Å². The molecule has 90 heavy (non-hydrogen) atoms. The van der Waals surface area contributed by atoms with Crippen LogP contribution in [0.3, 0.4) is 0 Å². The minimum absolute atomic E-state index is 0.0192. The van der Waals surface area contributed by atoms with Crippen molar-refractivity contribution in [2.45, 2.75) is 191 Å². The van der Waals surface area contributed by atoms with Crippen molar-refractivity contribution in [3.63, 3.8) is 0 Å². The van der Waals surface area contributed by atoms with Crippen molar-refractivity contribution in [1.29, 1.82) is 0 Å². The van der Waals surface area contributed by atoms with Crippen LogP contribution < -0.4 is 76.1 Å². The number of hydrogen-bond acceptors (Lipinski definition) is 13. The van der Waals surface area contributed by atoms with Gasteiger partial charge in [0, 0.05) is 70.0 Å². The molecule has 18 N–H and O–H groups in total. The molecule has 1 saturated heterocycles. The van der Waals surface area contributed by atoms with Crippen molar-refractivity contribution >= 4 is 75.8 Å². The number of hydrogen-bond donors (Lipinski definition) is 14. The molecule has 1 aliphatic heterocycles. The van der Waals surface area contributed by atoms with Crippen LogP contribution in [0, 0.1) is 23.7 Å². The molecule has 0 aromatic heterocycles. The van der Waals surface area contributed by atoms with Gasteiger partial charge in [0.15, 0.2) is 5.96 Å². The van der Waals surface area contributed by atoms with Crippen LogP contribution in [0.15, 0.2) is 77.8 Å². The standard InChI is InChI=1S/C65H97N15O10/c1-38(2)31-43(34-55(82)75-51(28-16-30-71-64(68)69)61(88)76-50-27-15-24-47(50)59(86)78-53(32-40-17-7-6-8-18-40)62(89)79-54-37-70-36-48(54)57(67)84)74-63(90)65(4,5)80-56(83)35-44(33-42-21-13-20-41-19-9-10-22-45(41)42)73-60(87)52(25-11-12-29-66)77-58(85)46-23-14-26-49(46)72-39(3)81/h6-10,13,17-22,38,43-44,46-54,70H,11-12,14-16,23-37,66H2,1-5H3,(H2,67,84)(H,72,81)(H,73,87)(H,74,90)(H,75,82)(H,76,88)(H,77,85)(H,78,86)(H,79,89)(H,80,83)(H4,68,69,71)/t43-,44-,46-,47-,48-,49+,50+,51-,52-,53-,54+/m0/s1. The molecular formula is C65H97N15O10. The van der Waals surface area contributed by atoms with E-state index >= 15 is 0 Å². The second-order valence-corrected chi connectivity index (χ2v) is 25.4. The quantitative estimate of drug-likeness (QED) is 0.0223. The van der Waals surface area contributed by atoms with E-state index in [1.807, 2.05) is 86.6 Å². The molecule has 25 heteroatoms. The molecule has 3 fully saturated rings. The number of primary amides is 1. The lowest BCUT2D eigenvalue weighted by atomic mass is 9.95. The van der Waals surface area contributed by atoms with Gasteiger partial charge in [-0.2, -0.15) is 0 Å². The maximum Gasteiger partial charge on any atom is 0.245 e. The lowest BCUT2D eigenvalue weighted by molar-refractivity contribution is -0.134. The van der Waals surface area contributed by atoms with Crippen molar-refractivity contribution in [3.8, 4) is 0 Å². The fraction of sp³-hybridized carbons (Fsp3) is 0.585. The van der Waals surface area contributed by atoms with Crippen molar-refractivity contribution in [1.82, 2.24) is 53.2 Å². The number of rotatable bonds is 34. The first kappa shape index (κ1) is 70.9. The van der Waals surface area contributed by atoms with Gasteiger partial charge in [-0.25, -0.2) is 0 Å². The number of aliphatic imine (C=N–C) groups is 1. The molecule has 25 nitrogen and oxygen atoms in total. The van der Waals surface area contributed by atoms with Crippen LogP contribution >= 0.6 is 0 Å². The summed E-state index contributed by atoms with van der Waals surface area (Å²) in [5.74, 6) is -6.90. The highest BCUT2D eigenvalue weighted by atomic mass is 16.2. The van der Waals surface area contributed by atoms with Gasteiger partial charge in [0.25, 0.3) is 0 Å². The third kappa shape index (κ3) is 22.1. The topological polar surface area (TPSA) is 407 Å². The second-order valence-electron chi connectivity index (χ2n) is 25.4. The number of nitrogens with one attached hydrogen (secondary N) is 10. The first-order valence-corrected chi connectivity index (χ1v) is 31.9. The molecule has 0 radical (unpaired) electrons. The summed E-state index contributed by atoms with van der Waals surface area (Å²) in [6.07, 6.45) is 5.37. The van der Waals surface area contributed by atoms with Crippen LogP contribution in [0.4, 0.5) is 0 Å². The zero-order valence-corrected chi connectivity index (χ0v) is 52.8. The van der Waals surface area contributed by atoms with Crippen LogP contribution in [0.25, 0.3) is 10.8 Å². The first-order valence-electron chi connectivity index (χ1n) is 31.9. The molecule has 3 aromatic carbocycles. The maximum atomic E-state index is 14.4. The van der Waals surface area contributed by atoms with Crippen LogP contribution in [0.2, 0.25) is 0 Å². The average Bonchev–Trinajstić information content (AvgIpc) is 1.57. The minimum atomic E-state index is -1.55. The summed E-state index contributed by atoms with van der Waals surface area (Å²) in [5, 5.41) is 31.4. The van der Waals surface area contributed by atoms with E-state index in [-0.39, 0.29) is 81.2 Å². The average molecular weight is 1250 g/mol. The van der Waals surface area contributed by atoms with Crippen LogP contribution in [0.1, 0.15) is 136 Å². The third-order valence-electron chi connectivity index (χ3n) is 17.1. The van der Waals surface area contributed by atoms with Crippen LogP contribution in [-0.4, -0.2) is 145 Å². The summed E-state index contributed by atoms with van der Waals surface area (Å²) >= 11 is 0. The van der Waals surface area contributed by atoms with Crippen LogP contribution in [-0.2, 0) is 60.8 Å². The molecule has 0 bridgehead atoms. The highest BCUT2D eigenvalue weighted by Gasteiger charge is 2.41. The number of amides is 10. The molecule has 0 spiro atoms. The Morgan fingerprint density at radius 3 is 1.86 bits per heavy atom. The lowest BCUT2D eigenvalue weighted by Gasteiger charge is -2.30. The fourth-order valence-corrected chi connectivity index (χ4v) is 12.5. The van der Waals surface area contributed by atoms with Gasteiger partial charge in [-0.15, -0.1) is 0 Å². The van der Waals surface area contributed by atoms with Gasteiger partial charge in [0.1, 0.15) is 23.7 Å². The Hall–Kier alpha value is -8.19. The van der Waals surface area contributed by atoms with Gasteiger partial charge in [0.05, 0.1) is 23.8 Å². The SMILES string of the molecule is CC(=O)N[C@@H]1CCC[C@@H]1C(=O)N[C@@H](CCCCN)C(=O)N[C@H](CC(=O)NC(C)(C)C(=O)N[C@H](CC(=O)N[C@@H](CCCN=C(N)N)C(=O)N[C@@H]1CCC[C@@H]1C(=O)N[C@@H](Cc1ccccc1)C(=O)N[C@@H]1CNC[C@@H]1C(N)=O)CC(C)C)Cc1cccc2ccccc12. The number of fused-ring (bicyclic) bond motifs is 1. The Balaban J connectivity index is 1.12. The zero-order valence-electron chi connectivity index (χ0n) is 52.8. The molecule has 0 unspecified atom stereocenters. The maximum absolute atomic E-state index is 14.4. The van der Waals surface area contributed by atoms with Gasteiger partial charge in [-0.1, -0.05) is 99.5 Å². The molecule has 3 aromatic rings. The Morgan fingerprint density at radius 1 is 0.600 bits per heavy atom. The minimum Gasteiger partial charge on any atom is -0.370 e. The molecule has 2 aliphatic carbocycles. The third-order valence-corrected chi connectivity index (χ3v) is 17.1. The summed E-state index contributed by atoms with van der Waals surface area (Å²) < 4.78 is 0. The number of carbonyl (C=O) groups excluding carboxylic acids is 10. The van der Waals surface area contributed by atoms with E-state index in [0.717, 1.165) is 28.3 Å². The lowest BCUT2D eigenvalue weighted by Crippen LogP contribution is -2.58. The Kier molecular flexibility index (Phi) is 27.3. The van der Waals surface area contributed by atoms with E-state index in [1.165, 1.54) is 20.8 Å². The number of carbonyl (C=O) groups is 10. The summed E-state index contributed by atoms with van der Waals surface area (Å²) in [6.45, 7) is 9.49. The summed E-state index contributed by atoms with van der Waals surface area (Å²) in [4.78, 5) is 142. The number of benzene rings is 3. The second kappa shape index (κ2) is 34.7. The van der Waals surface area contributed by atoms with E-state index in [9.17, 15) is 47.9 Å². The van der Waals surface area contributed by atoms with Crippen molar-refractivity contribution < 1.29 is 47.9 Å². The summed E-state index contributed by atoms with van der Waals surface area (Å²) in [7, 11) is 0. The van der Waals surface area contributed by atoms with Crippen molar-refractivity contribution in [2.24, 2.45) is 51.6 Å². The zero-order chi connectivity index (χ0) is 65.5. The molecule has 11 atom stereocenters. The Bertz CT molecular complexity index is 2990. The largest absolute Gasteiger partial charge is 0.370 e. The molecule has 6 rings (SSSR count). The monoisotopic (exact) mass is 1250 g/mol. The Labute approximate surface area is 527 Å². The van der Waals surface area contributed by atoms with Crippen molar-refractivity contribution in [2.75, 3.05) is 26.2 Å². The molecular weight excluding hydrogens is 1150 g/mol. The van der Waals surface area contributed by atoms with Gasteiger partial charge < -0.3 is 76.1 Å². The Morgan fingerprint density at radius 2 is 1.20 bits per heavy atom. The van der Waals surface area contributed by atoms with E-state index in [4.69, 9.17) is 22.9 Å². The van der Waals surface area contributed by atoms with Crippen molar-refractivity contribution in [3.05, 3.63) is 83.9 Å². The van der Waals surface area contributed by atoms with E-state index in [2.05, 4.69) is 58.2 Å². The summed E-state index contributed by atoms with van der Waals surface area (Å²) in [5.41, 5.74) is 22.8. The molecule has 10 amide bonds. The highest BCUT2D eigenvalue weighted by Crippen LogP contribution is 2.29. The van der Waals surface area contributed by atoms with Gasteiger partial charge >= 0.3 is 0 Å². The predicted octanol–water partition coefficient (Wildman–Crippen LogP) is 0.732. The van der Waals surface area contributed by atoms with Gasteiger partial charge in [-0.05, 0) is 119 Å². The highest BCUT2D eigenvalue weighted by molar-refractivity contribution is 5.94. The molecule has 2 saturated carbocycles. The number of guanidine groups is 1. The first-order chi connectivity index (χ1) is 42.9. The van der Waals surface area contributed by atoms with E-state index < -0.39 is 113 Å². The molecule has 3 aliphatic rings.